The molecule has 2 N–H and O–H groups in total. The summed E-state index contributed by atoms with van der Waals surface area (Å²) >= 11 is 12.0. The third-order valence-electron chi connectivity index (χ3n) is 4.34. The van der Waals surface area contributed by atoms with Crippen LogP contribution < -0.4 is 5.56 Å². The molecule has 3 aromatic heterocycles. The van der Waals surface area contributed by atoms with Gasteiger partial charge in [0.15, 0.2) is 11.0 Å². The Morgan fingerprint density at radius 2 is 2.07 bits per heavy atom. The van der Waals surface area contributed by atoms with Crippen LogP contribution in [0.15, 0.2) is 35.4 Å². The predicted molar refractivity (Wildman–Crippen MR) is 102 cm³/mol. The Hall–Kier alpha value is -3.24. The molecule has 0 aliphatic carbocycles. The second-order valence-corrected chi connectivity index (χ2v) is 6.96. The van der Waals surface area contributed by atoms with Gasteiger partial charge in [-0.05, 0) is 24.6 Å². The topological polar surface area (TPSA) is 119 Å². The van der Waals surface area contributed by atoms with E-state index in [1.54, 1.807) is 25.1 Å². The molecule has 1 aromatic carbocycles. The van der Waals surface area contributed by atoms with Gasteiger partial charge in [0.05, 0.1) is 27.8 Å². The maximum absolute atomic E-state index is 14.5. The standard InChI is InChI=1S/C17H11Cl2FN6O3/c1-7(8-2-3-10(18)11(19)4-8)26-13-12(14(20)24-26)22-17(23-15(13)27)25-6-9(5-21-25)16(28)29/h2-7H,1H3,(H,28,29)(H,22,23,27)/t7-/m0/s1. The number of fused-ring (bicyclic) bond motifs is 1. The number of aromatic carboxylic acids is 1. The van der Waals surface area contributed by atoms with Gasteiger partial charge in [-0.15, -0.1) is 5.10 Å². The lowest BCUT2D eigenvalue weighted by atomic mass is 10.1. The molecule has 0 aliphatic heterocycles. The van der Waals surface area contributed by atoms with Crippen molar-refractivity contribution in [2.24, 2.45) is 0 Å². The number of hydrogen-bond donors (Lipinski definition) is 2. The molecule has 4 aromatic rings. The van der Waals surface area contributed by atoms with Gasteiger partial charge in [0.2, 0.25) is 5.95 Å². The third kappa shape index (κ3) is 3.26. The Bertz CT molecular complexity index is 1330. The summed E-state index contributed by atoms with van der Waals surface area (Å²) in [5.41, 5.74) is -0.484. The van der Waals surface area contributed by atoms with E-state index in [1.807, 2.05) is 0 Å². The lowest BCUT2D eigenvalue weighted by Gasteiger charge is -2.14. The predicted octanol–water partition coefficient (Wildman–Crippen LogP) is 3.06. The molecule has 3 heterocycles. The number of rotatable bonds is 4. The Morgan fingerprint density at radius 1 is 1.31 bits per heavy atom. The van der Waals surface area contributed by atoms with Gasteiger partial charge in [-0.3, -0.25) is 9.78 Å². The summed E-state index contributed by atoms with van der Waals surface area (Å²) in [5.74, 6) is -2.30. The number of carboxylic acids is 1. The molecular formula is C17H11Cl2FN6O3. The Kier molecular flexibility index (Phi) is 4.59. The molecule has 0 saturated heterocycles. The first-order chi connectivity index (χ1) is 13.8. The van der Waals surface area contributed by atoms with Crippen molar-refractivity contribution < 1.29 is 14.3 Å². The van der Waals surface area contributed by atoms with Gasteiger partial charge in [0.1, 0.15) is 0 Å². The smallest absolute Gasteiger partial charge is 0.338 e. The Morgan fingerprint density at radius 3 is 2.72 bits per heavy atom. The molecule has 29 heavy (non-hydrogen) atoms. The molecule has 0 saturated carbocycles. The van der Waals surface area contributed by atoms with Crippen molar-refractivity contribution in [3.8, 4) is 5.95 Å². The number of halogens is 3. The molecule has 4 rings (SSSR count). The summed E-state index contributed by atoms with van der Waals surface area (Å²) in [6, 6.07) is 4.34. The van der Waals surface area contributed by atoms with Crippen molar-refractivity contribution in [3.63, 3.8) is 0 Å². The zero-order chi connectivity index (χ0) is 20.9. The minimum absolute atomic E-state index is 0.0876. The van der Waals surface area contributed by atoms with Crippen LogP contribution in [-0.2, 0) is 0 Å². The fourth-order valence-electron chi connectivity index (χ4n) is 2.85. The van der Waals surface area contributed by atoms with Crippen LogP contribution in [0.5, 0.6) is 0 Å². The molecule has 0 spiro atoms. The van der Waals surface area contributed by atoms with Gasteiger partial charge in [-0.1, -0.05) is 29.3 Å². The molecule has 12 heteroatoms. The van der Waals surface area contributed by atoms with Gasteiger partial charge in [-0.2, -0.15) is 9.49 Å². The number of nitrogens with one attached hydrogen (secondary N) is 1. The number of carboxylic acid groups (broad SMARTS) is 1. The number of nitrogens with zero attached hydrogens (tertiary/aromatic N) is 5. The molecule has 1 atom stereocenters. The largest absolute Gasteiger partial charge is 0.478 e. The van der Waals surface area contributed by atoms with Gasteiger partial charge < -0.3 is 5.11 Å². The van der Waals surface area contributed by atoms with Crippen molar-refractivity contribution in [1.29, 1.82) is 0 Å². The minimum atomic E-state index is -1.20. The van der Waals surface area contributed by atoms with Gasteiger partial charge in [-0.25, -0.2) is 19.1 Å². The molecule has 0 radical (unpaired) electrons. The monoisotopic (exact) mass is 436 g/mol. The highest BCUT2D eigenvalue weighted by atomic mass is 35.5. The molecule has 148 valence electrons. The Balaban J connectivity index is 1.84. The first-order valence-corrected chi connectivity index (χ1v) is 8.93. The molecule has 0 unspecified atom stereocenters. The molecule has 9 nitrogen and oxygen atoms in total. The zero-order valence-corrected chi connectivity index (χ0v) is 16.1. The number of hydrogen-bond acceptors (Lipinski definition) is 5. The van der Waals surface area contributed by atoms with Crippen LogP contribution in [0.2, 0.25) is 10.0 Å². The van der Waals surface area contributed by atoms with Crippen LogP contribution in [0, 0.1) is 5.95 Å². The lowest BCUT2D eigenvalue weighted by molar-refractivity contribution is 0.0697. The molecular weight excluding hydrogens is 426 g/mol. The van der Waals surface area contributed by atoms with Crippen LogP contribution in [0.25, 0.3) is 17.0 Å². The van der Waals surface area contributed by atoms with E-state index in [9.17, 15) is 14.0 Å². The summed E-state index contributed by atoms with van der Waals surface area (Å²) in [6.45, 7) is 1.71. The van der Waals surface area contributed by atoms with Crippen molar-refractivity contribution >= 4 is 40.2 Å². The second kappa shape index (κ2) is 6.98. The van der Waals surface area contributed by atoms with E-state index >= 15 is 0 Å². The average molecular weight is 437 g/mol. The number of aromatic amines is 1. The van der Waals surface area contributed by atoms with E-state index < -0.39 is 23.5 Å². The maximum atomic E-state index is 14.5. The average Bonchev–Trinajstić information content (AvgIpc) is 3.29. The number of H-pyrrole nitrogens is 1. The molecule has 0 aliphatic rings. The van der Waals surface area contributed by atoms with Crippen LogP contribution in [0.1, 0.15) is 28.9 Å². The maximum Gasteiger partial charge on any atom is 0.338 e. The van der Waals surface area contributed by atoms with Crippen molar-refractivity contribution in [2.45, 2.75) is 13.0 Å². The lowest BCUT2D eigenvalue weighted by Crippen LogP contribution is -2.19. The zero-order valence-electron chi connectivity index (χ0n) is 14.6. The molecule has 0 amide bonds. The van der Waals surface area contributed by atoms with E-state index in [4.69, 9.17) is 28.3 Å². The van der Waals surface area contributed by atoms with Crippen molar-refractivity contribution in [3.05, 3.63) is 68.1 Å². The highest BCUT2D eigenvalue weighted by Crippen LogP contribution is 2.28. The second-order valence-electron chi connectivity index (χ2n) is 6.15. The van der Waals surface area contributed by atoms with E-state index in [2.05, 4.69) is 20.2 Å². The van der Waals surface area contributed by atoms with Crippen LogP contribution >= 0.6 is 23.2 Å². The Labute approximate surface area is 171 Å². The van der Waals surface area contributed by atoms with Gasteiger partial charge >= 0.3 is 5.97 Å². The quantitative estimate of drug-likeness (QED) is 0.507. The summed E-state index contributed by atoms with van der Waals surface area (Å²) in [5, 5.41) is 17.3. The summed E-state index contributed by atoms with van der Waals surface area (Å²) in [6.07, 6.45) is 2.23. The summed E-state index contributed by atoms with van der Waals surface area (Å²) in [7, 11) is 0. The molecule has 0 fully saturated rings. The van der Waals surface area contributed by atoms with Crippen LogP contribution in [0.3, 0.4) is 0 Å². The number of aromatic nitrogens is 6. The fraction of sp³-hybridized carbons (Fsp3) is 0.118. The van der Waals surface area contributed by atoms with Crippen molar-refractivity contribution in [2.75, 3.05) is 0 Å². The first kappa shape index (κ1) is 19.1. The fourth-order valence-corrected chi connectivity index (χ4v) is 3.16. The van der Waals surface area contributed by atoms with E-state index in [0.29, 0.717) is 15.6 Å². The molecule has 0 bridgehead atoms. The normalized spacial score (nSPS) is 12.4. The van der Waals surface area contributed by atoms with E-state index in [-0.39, 0.29) is 22.5 Å². The number of benzene rings is 1. The van der Waals surface area contributed by atoms with Gasteiger partial charge in [0, 0.05) is 6.20 Å². The minimum Gasteiger partial charge on any atom is -0.478 e. The van der Waals surface area contributed by atoms with Crippen molar-refractivity contribution in [1.82, 2.24) is 29.5 Å². The first-order valence-electron chi connectivity index (χ1n) is 8.17. The highest BCUT2D eigenvalue weighted by molar-refractivity contribution is 6.42. The summed E-state index contributed by atoms with van der Waals surface area (Å²) < 4.78 is 16.7. The highest BCUT2D eigenvalue weighted by Gasteiger charge is 2.22. The van der Waals surface area contributed by atoms with E-state index in [0.717, 1.165) is 17.1 Å². The summed E-state index contributed by atoms with van der Waals surface area (Å²) in [4.78, 5) is 30.2. The number of carbonyl (C=O) groups is 1. The van der Waals surface area contributed by atoms with Crippen LogP contribution in [-0.4, -0.2) is 40.6 Å². The van der Waals surface area contributed by atoms with Crippen LogP contribution in [0.4, 0.5) is 4.39 Å². The van der Waals surface area contributed by atoms with Gasteiger partial charge in [0.25, 0.3) is 11.5 Å². The third-order valence-corrected chi connectivity index (χ3v) is 5.08. The SMILES string of the molecule is C[C@@H](c1ccc(Cl)c(Cl)c1)n1nc(F)c2nc(-n3cc(C(=O)O)cn3)[nH]c(=O)c21. The van der Waals surface area contributed by atoms with E-state index in [1.165, 1.54) is 4.68 Å².